The average molecular weight is 284 g/mol. The zero-order valence-electron chi connectivity index (χ0n) is 11.5. The van der Waals surface area contributed by atoms with Gasteiger partial charge in [0.05, 0.1) is 23.4 Å². The highest BCUT2D eigenvalue weighted by Gasteiger charge is 2.36. The predicted molar refractivity (Wildman–Crippen MR) is 72.6 cm³/mol. The molecule has 1 saturated heterocycles. The molecule has 0 amide bonds. The van der Waals surface area contributed by atoms with Gasteiger partial charge >= 0.3 is 0 Å². The fourth-order valence-electron chi connectivity index (χ4n) is 2.20. The second-order valence-electron chi connectivity index (χ2n) is 4.92. The van der Waals surface area contributed by atoms with Crippen molar-refractivity contribution in [2.45, 2.75) is 43.1 Å². The van der Waals surface area contributed by atoms with Gasteiger partial charge in [0.15, 0.2) is 15.6 Å². The number of hydrogen-bond donors (Lipinski definition) is 0. The molecule has 1 aromatic rings. The fraction of sp³-hybridized carbons (Fsp3) is 0.571. The van der Waals surface area contributed by atoms with E-state index >= 15 is 0 Å². The van der Waals surface area contributed by atoms with Gasteiger partial charge in [-0.15, -0.1) is 0 Å². The van der Waals surface area contributed by atoms with Crippen molar-refractivity contribution in [3.8, 4) is 0 Å². The Morgan fingerprint density at radius 2 is 1.68 bits per heavy atom. The maximum atomic E-state index is 12.1. The third-order valence-electron chi connectivity index (χ3n) is 3.46. The van der Waals surface area contributed by atoms with Gasteiger partial charge in [-0.25, -0.2) is 8.42 Å². The highest BCUT2D eigenvalue weighted by atomic mass is 32.2. The van der Waals surface area contributed by atoms with Gasteiger partial charge < -0.3 is 9.47 Å². The summed E-state index contributed by atoms with van der Waals surface area (Å²) in [5, 5.41) is -0.419. The average Bonchev–Trinajstić information content (AvgIpc) is 2.88. The van der Waals surface area contributed by atoms with E-state index in [2.05, 4.69) is 0 Å². The van der Waals surface area contributed by atoms with Gasteiger partial charge in [-0.2, -0.15) is 0 Å². The molecule has 0 N–H and O–H groups in total. The van der Waals surface area contributed by atoms with E-state index in [0.717, 1.165) is 5.56 Å². The van der Waals surface area contributed by atoms with E-state index in [4.69, 9.17) is 9.47 Å². The van der Waals surface area contributed by atoms with Gasteiger partial charge in [-0.1, -0.05) is 19.1 Å². The highest BCUT2D eigenvalue weighted by Crippen LogP contribution is 2.35. The van der Waals surface area contributed by atoms with E-state index in [0.29, 0.717) is 24.5 Å². The van der Waals surface area contributed by atoms with Gasteiger partial charge in [-0.05, 0) is 26.0 Å². The Morgan fingerprint density at radius 1 is 1.16 bits per heavy atom. The second-order valence-corrected chi connectivity index (χ2v) is 7.43. The zero-order chi connectivity index (χ0) is 14.1. The first-order valence-corrected chi connectivity index (χ1v) is 8.09. The molecule has 1 fully saturated rings. The summed E-state index contributed by atoms with van der Waals surface area (Å²) in [4.78, 5) is 0.343. The van der Waals surface area contributed by atoms with Crippen LogP contribution in [0.15, 0.2) is 29.2 Å². The molecule has 1 aliphatic rings. The van der Waals surface area contributed by atoms with Crippen molar-refractivity contribution < 1.29 is 17.9 Å². The van der Waals surface area contributed by atoms with Crippen LogP contribution in [0.1, 0.15) is 32.8 Å². The molecule has 0 radical (unpaired) electrons. The summed E-state index contributed by atoms with van der Waals surface area (Å²) >= 11 is 0. The molecule has 0 bridgehead atoms. The molecule has 0 atom stereocenters. The molecular weight excluding hydrogens is 264 g/mol. The number of benzene rings is 1. The molecule has 0 aromatic heterocycles. The Kier molecular flexibility index (Phi) is 3.99. The van der Waals surface area contributed by atoms with E-state index in [-0.39, 0.29) is 0 Å². The van der Waals surface area contributed by atoms with E-state index in [1.165, 1.54) is 0 Å². The molecule has 0 aliphatic carbocycles. The smallest absolute Gasteiger partial charge is 0.194 e. The zero-order valence-corrected chi connectivity index (χ0v) is 12.4. The number of hydrogen-bond acceptors (Lipinski definition) is 4. The number of rotatable bonds is 4. The lowest BCUT2D eigenvalue weighted by Gasteiger charge is -2.26. The Labute approximate surface area is 114 Å². The van der Waals surface area contributed by atoms with E-state index < -0.39 is 20.9 Å². The van der Waals surface area contributed by atoms with Gasteiger partial charge in [0.2, 0.25) is 0 Å². The fourth-order valence-corrected chi connectivity index (χ4v) is 3.26. The summed E-state index contributed by atoms with van der Waals surface area (Å²) in [6.07, 6.45) is 0.698. The maximum absolute atomic E-state index is 12.1. The van der Waals surface area contributed by atoms with Crippen molar-refractivity contribution in [1.82, 2.24) is 0 Å². The minimum Gasteiger partial charge on any atom is -0.343 e. The van der Waals surface area contributed by atoms with Gasteiger partial charge in [0.1, 0.15) is 0 Å². The highest BCUT2D eigenvalue weighted by molar-refractivity contribution is 7.92. The molecule has 19 heavy (non-hydrogen) atoms. The normalized spacial score (nSPS) is 18.9. The third-order valence-corrected chi connectivity index (χ3v) is 5.63. The quantitative estimate of drug-likeness (QED) is 0.852. The van der Waals surface area contributed by atoms with Crippen molar-refractivity contribution in [3.63, 3.8) is 0 Å². The Morgan fingerprint density at radius 3 is 2.11 bits per heavy atom. The van der Waals surface area contributed by atoms with Crippen LogP contribution >= 0.6 is 0 Å². The molecule has 1 heterocycles. The van der Waals surface area contributed by atoms with Crippen LogP contribution < -0.4 is 0 Å². The second kappa shape index (κ2) is 5.23. The van der Waals surface area contributed by atoms with E-state index in [9.17, 15) is 8.42 Å². The first-order chi connectivity index (χ1) is 8.92. The largest absolute Gasteiger partial charge is 0.343 e. The summed E-state index contributed by atoms with van der Waals surface area (Å²) in [7, 11) is -3.23. The van der Waals surface area contributed by atoms with Crippen LogP contribution in [0.5, 0.6) is 0 Å². The van der Waals surface area contributed by atoms with Crippen molar-refractivity contribution >= 4 is 9.84 Å². The van der Waals surface area contributed by atoms with Gasteiger partial charge in [0.25, 0.3) is 0 Å². The molecule has 0 saturated carbocycles. The molecule has 0 unspecified atom stereocenters. The van der Waals surface area contributed by atoms with Crippen LogP contribution in [0, 0.1) is 0 Å². The lowest BCUT2D eigenvalue weighted by atomic mass is 10.0. The molecule has 0 spiro atoms. The van der Waals surface area contributed by atoms with Crippen LogP contribution in [-0.2, 0) is 25.1 Å². The summed E-state index contributed by atoms with van der Waals surface area (Å²) in [5.41, 5.74) is 0.871. The van der Waals surface area contributed by atoms with Crippen molar-refractivity contribution in [3.05, 3.63) is 29.8 Å². The van der Waals surface area contributed by atoms with Crippen LogP contribution in [0.4, 0.5) is 0 Å². The summed E-state index contributed by atoms with van der Waals surface area (Å²) < 4.78 is 35.5. The number of sulfone groups is 1. The minimum absolute atomic E-state index is 0.343. The first-order valence-electron chi connectivity index (χ1n) is 6.55. The topological polar surface area (TPSA) is 52.6 Å². The molecule has 1 aliphatic heterocycles. The predicted octanol–water partition coefficient (Wildman–Crippen LogP) is 2.48. The molecule has 2 rings (SSSR count). The molecule has 106 valence electrons. The molecule has 1 aromatic carbocycles. The van der Waals surface area contributed by atoms with Crippen molar-refractivity contribution in [2.75, 3.05) is 13.2 Å². The Hall–Kier alpha value is -0.910. The molecular formula is C14H20O4S. The van der Waals surface area contributed by atoms with Crippen molar-refractivity contribution in [2.24, 2.45) is 0 Å². The summed E-state index contributed by atoms with van der Waals surface area (Å²) in [6.45, 7) is 6.49. The van der Waals surface area contributed by atoms with Crippen LogP contribution in [-0.4, -0.2) is 26.9 Å². The monoisotopic (exact) mass is 284 g/mol. The van der Waals surface area contributed by atoms with Crippen LogP contribution in [0.2, 0.25) is 0 Å². The van der Waals surface area contributed by atoms with Crippen LogP contribution in [0.3, 0.4) is 0 Å². The maximum Gasteiger partial charge on any atom is 0.194 e. The number of ether oxygens (including phenoxy) is 2. The van der Waals surface area contributed by atoms with Crippen molar-refractivity contribution in [1.29, 1.82) is 0 Å². The standard InChI is InChI=1S/C14H20O4S/c1-4-14(17-9-10-18-14)12-5-7-13(8-6-12)19(15,16)11(2)3/h5-8,11H,4,9-10H2,1-3H3. The van der Waals surface area contributed by atoms with E-state index in [1.807, 2.05) is 6.92 Å². The Balaban J connectivity index is 2.34. The summed E-state index contributed by atoms with van der Waals surface area (Å²) in [6, 6.07) is 6.83. The molecule has 4 nitrogen and oxygen atoms in total. The molecule has 5 heteroatoms. The third kappa shape index (κ3) is 2.55. The minimum atomic E-state index is -3.23. The first kappa shape index (κ1) is 14.5. The summed E-state index contributed by atoms with van der Waals surface area (Å²) in [5.74, 6) is -0.708. The van der Waals surface area contributed by atoms with Gasteiger partial charge in [-0.3, -0.25) is 0 Å². The van der Waals surface area contributed by atoms with E-state index in [1.54, 1.807) is 38.1 Å². The lowest BCUT2D eigenvalue weighted by molar-refractivity contribution is -0.167. The van der Waals surface area contributed by atoms with Crippen LogP contribution in [0.25, 0.3) is 0 Å². The SMILES string of the molecule is CCC1(c2ccc(S(=O)(=O)C(C)C)cc2)OCCO1. The Bertz CT molecular complexity index is 525. The lowest BCUT2D eigenvalue weighted by Crippen LogP contribution is -2.26. The van der Waals surface area contributed by atoms with Gasteiger partial charge in [0, 0.05) is 12.0 Å².